The number of halogens is 1. The number of rotatable bonds is 5. The number of carbonyl (C=O) groups is 2. The molecule has 0 unspecified atom stereocenters. The van der Waals surface area contributed by atoms with Crippen molar-refractivity contribution in [2.75, 3.05) is 13.1 Å². The van der Waals surface area contributed by atoms with E-state index in [1.54, 1.807) is 29.9 Å². The number of carbonyl (C=O) groups excluding carboxylic acids is 2. The highest BCUT2D eigenvalue weighted by Gasteiger charge is 2.09. The van der Waals surface area contributed by atoms with Crippen LogP contribution in [-0.2, 0) is 7.05 Å². The number of hydrogen-bond acceptors (Lipinski definition) is 3. The van der Waals surface area contributed by atoms with Crippen molar-refractivity contribution in [2.24, 2.45) is 7.05 Å². The molecule has 0 saturated carbocycles. The quantitative estimate of drug-likeness (QED) is 0.731. The minimum absolute atomic E-state index is 0.0759. The molecule has 0 saturated heterocycles. The Morgan fingerprint density at radius 2 is 1.86 bits per heavy atom. The van der Waals surface area contributed by atoms with Crippen LogP contribution < -0.4 is 10.6 Å². The van der Waals surface area contributed by atoms with Gasteiger partial charge in [-0.05, 0) is 30.3 Å². The summed E-state index contributed by atoms with van der Waals surface area (Å²) in [5, 5.41) is 14.8. The minimum atomic E-state index is -0.324. The Hall–Kier alpha value is -2.47. The second kappa shape index (κ2) is 7.00. The molecule has 0 atom stereocenters. The van der Waals surface area contributed by atoms with E-state index in [-0.39, 0.29) is 29.1 Å². The number of nitrogens with one attached hydrogen (secondary N) is 2. The average molecular weight is 322 g/mol. The predicted molar refractivity (Wildman–Crippen MR) is 83.2 cm³/mol. The number of aromatic hydroxyl groups is 1. The average Bonchev–Trinajstić information content (AvgIpc) is 2.92. The first-order valence-electron chi connectivity index (χ1n) is 6.65. The van der Waals surface area contributed by atoms with Crippen molar-refractivity contribution in [3.05, 3.63) is 52.8 Å². The third kappa shape index (κ3) is 3.79. The van der Waals surface area contributed by atoms with E-state index in [0.29, 0.717) is 17.8 Å². The van der Waals surface area contributed by atoms with Crippen LogP contribution in [0.5, 0.6) is 5.75 Å². The fourth-order valence-electron chi connectivity index (χ4n) is 1.89. The summed E-state index contributed by atoms with van der Waals surface area (Å²) >= 11 is 5.74. The van der Waals surface area contributed by atoms with Gasteiger partial charge in [-0.25, -0.2) is 0 Å². The van der Waals surface area contributed by atoms with Crippen LogP contribution >= 0.6 is 11.6 Å². The van der Waals surface area contributed by atoms with Crippen molar-refractivity contribution < 1.29 is 14.7 Å². The molecule has 116 valence electrons. The lowest BCUT2D eigenvalue weighted by Crippen LogP contribution is -2.35. The zero-order chi connectivity index (χ0) is 16.1. The van der Waals surface area contributed by atoms with Gasteiger partial charge in [-0.1, -0.05) is 11.6 Å². The number of aromatic nitrogens is 1. The number of phenolic OH excluding ortho intramolecular Hbond substituents is 1. The van der Waals surface area contributed by atoms with E-state index in [9.17, 15) is 14.7 Å². The van der Waals surface area contributed by atoms with Gasteiger partial charge in [-0.2, -0.15) is 0 Å². The highest BCUT2D eigenvalue weighted by atomic mass is 35.5. The summed E-state index contributed by atoms with van der Waals surface area (Å²) in [6.45, 7) is 0.592. The minimum Gasteiger partial charge on any atom is -0.506 e. The lowest BCUT2D eigenvalue weighted by Gasteiger charge is -2.08. The van der Waals surface area contributed by atoms with Crippen molar-refractivity contribution in [3.63, 3.8) is 0 Å². The summed E-state index contributed by atoms with van der Waals surface area (Å²) in [7, 11) is 1.78. The summed E-state index contributed by atoms with van der Waals surface area (Å²) in [5.41, 5.74) is 0.896. The fraction of sp³-hybridized carbons (Fsp3) is 0.200. The topological polar surface area (TPSA) is 83.4 Å². The van der Waals surface area contributed by atoms with Crippen LogP contribution in [0.2, 0.25) is 5.02 Å². The van der Waals surface area contributed by atoms with Gasteiger partial charge in [0.15, 0.2) is 0 Å². The first-order chi connectivity index (χ1) is 10.5. The van der Waals surface area contributed by atoms with E-state index in [4.69, 9.17) is 11.6 Å². The van der Waals surface area contributed by atoms with E-state index in [0.717, 1.165) is 0 Å². The fourth-order valence-corrected chi connectivity index (χ4v) is 2.07. The smallest absolute Gasteiger partial charge is 0.267 e. The Bertz CT molecular complexity index is 697. The molecular formula is C15H16ClN3O3. The Kier molecular flexibility index (Phi) is 5.06. The molecule has 6 nitrogen and oxygen atoms in total. The van der Waals surface area contributed by atoms with E-state index in [2.05, 4.69) is 10.6 Å². The molecule has 0 aliphatic heterocycles. The molecule has 0 aliphatic carbocycles. The summed E-state index contributed by atoms with van der Waals surface area (Å²) in [4.78, 5) is 23.7. The Morgan fingerprint density at radius 1 is 1.18 bits per heavy atom. The molecule has 7 heteroatoms. The SMILES string of the molecule is Cn1cccc1C(=O)NCCNC(=O)c1ccc(O)c(Cl)c1. The van der Waals surface area contributed by atoms with Gasteiger partial charge in [-0.3, -0.25) is 9.59 Å². The molecule has 2 amide bonds. The third-order valence-electron chi connectivity index (χ3n) is 3.08. The zero-order valence-corrected chi connectivity index (χ0v) is 12.7. The molecular weight excluding hydrogens is 306 g/mol. The summed E-state index contributed by atoms with van der Waals surface area (Å²) in [6, 6.07) is 7.71. The van der Waals surface area contributed by atoms with Gasteiger partial charge in [0.05, 0.1) is 5.02 Å². The Labute approximate surface area is 132 Å². The number of amides is 2. The second-order valence-corrected chi connectivity index (χ2v) is 5.09. The number of hydrogen-bond donors (Lipinski definition) is 3. The van der Waals surface area contributed by atoms with Crippen LogP contribution in [0.15, 0.2) is 36.5 Å². The van der Waals surface area contributed by atoms with Gasteiger partial charge in [0, 0.05) is 31.9 Å². The largest absolute Gasteiger partial charge is 0.506 e. The standard InChI is InChI=1S/C15H16ClN3O3/c1-19-8-2-3-12(19)15(22)18-7-6-17-14(21)10-4-5-13(20)11(16)9-10/h2-5,8-9,20H,6-7H2,1H3,(H,17,21)(H,18,22). The van der Waals surface area contributed by atoms with Crippen LogP contribution in [-0.4, -0.2) is 34.6 Å². The Balaban J connectivity index is 1.79. The van der Waals surface area contributed by atoms with Gasteiger partial charge in [0.2, 0.25) is 0 Å². The molecule has 0 bridgehead atoms. The molecule has 2 aromatic rings. The van der Waals surface area contributed by atoms with Crippen LogP contribution in [0.3, 0.4) is 0 Å². The highest BCUT2D eigenvalue weighted by Crippen LogP contribution is 2.23. The molecule has 3 N–H and O–H groups in total. The maximum absolute atomic E-state index is 11.9. The molecule has 2 rings (SSSR count). The van der Waals surface area contributed by atoms with Crippen molar-refractivity contribution in [2.45, 2.75) is 0 Å². The lowest BCUT2D eigenvalue weighted by molar-refractivity contribution is 0.0923. The van der Waals surface area contributed by atoms with E-state index in [1.165, 1.54) is 18.2 Å². The summed E-state index contributed by atoms with van der Waals surface area (Å²) < 4.78 is 1.71. The summed E-state index contributed by atoms with van der Waals surface area (Å²) in [5.74, 6) is -0.600. The van der Waals surface area contributed by atoms with E-state index >= 15 is 0 Å². The molecule has 1 aromatic heterocycles. The summed E-state index contributed by atoms with van der Waals surface area (Å²) in [6.07, 6.45) is 1.78. The number of benzene rings is 1. The van der Waals surface area contributed by atoms with E-state index in [1.807, 2.05) is 0 Å². The maximum atomic E-state index is 11.9. The molecule has 1 aromatic carbocycles. The van der Waals surface area contributed by atoms with Crippen molar-refractivity contribution >= 4 is 23.4 Å². The van der Waals surface area contributed by atoms with Crippen molar-refractivity contribution in [1.29, 1.82) is 0 Å². The van der Waals surface area contributed by atoms with Gasteiger partial charge in [-0.15, -0.1) is 0 Å². The monoisotopic (exact) mass is 321 g/mol. The molecule has 1 heterocycles. The van der Waals surface area contributed by atoms with Gasteiger partial charge in [0.1, 0.15) is 11.4 Å². The molecule has 0 radical (unpaired) electrons. The van der Waals surface area contributed by atoms with Crippen LogP contribution in [0.1, 0.15) is 20.8 Å². The van der Waals surface area contributed by atoms with Crippen LogP contribution in [0.4, 0.5) is 0 Å². The highest BCUT2D eigenvalue weighted by molar-refractivity contribution is 6.32. The normalized spacial score (nSPS) is 10.3. The number of aryl methyl sites for hydroxylation is 1. The Morgan fingerprint density at radius 3 is 2.45 bits per heavy atom. The molecule has 0 spiro atoms. The van der Waals surface area contributed by atoms with Crippen molar-refractivity contribution in [3.8, 4) is 5.75 Å². The van der Waals surface area contributed by atoms with Crippen molar-refractivity contribution in [1.82, 2.24) is 15.2 Å². The van der Waals surface area contributed by atoms with Crippen LogP contribution in [0, 0.1) is 0 Å². The van der Waals surface area contributed by atoms with E-state index < -0.39 is 0 Å². The number of phenols is 1. The van der Waals surface area contributed by atoms with Crippen LogP contribution in [0.25, 0.3) is 0 Å². The van der Waals surface area contributed by atoms with Gasteiger partial charge >= 0.3 is 0 Å². The lowest BCUT2D eigenvalue weighted by atomic mass is 10.2. The first-order valence-corrected chi connectivity index (χ1v) is 7.03. The first kappa shape index (κ1) is 15.9. The third-order valence-corrected chi connectivity index (χ3v) is 3.39. The molecule has 0 fully saturated rings. The predicted octanol–water partition coefficient (Wildman–Crippen LogP) is 1.54. The molecule has 22 heavy (non-hydrogen) atoms. The zero-order valence-electron chi connectivity index (χ0n) is 12.0. The maximum Gasteiger partial charge on any atom is 0.267 e. The second-order valence-electron chi connectivity index (χ2n) is 4.68. The van der Waals surface area contributed by atoms with Gasteiger partial charge < -0.3 is 20.3 Å². The van der Waals surface area contributed by atoms with Gasteiger partial charge in [0.25, 0.3) is 11.8 Å². The molecule has 0 aliphatic rings. The number of nitrogens with zero attached hydrogens (tertiary/aromatic N) is 1.